The van der Waals surface area contributed by atoms with E-state index in [0.717, 1.165) is 97.6 Å². The molecule has 0 aromatic heterocycles. The highest BCUT2D eigenvalue weighted by Crippen LogP contribution is 2.55. The van der Waals surface area contributed by atoms with Gasteiger partial charge in [0.15, 0.2) is 36.5 Å². The van der Waals surface area contributed by atoms with Gasteiger partial charge < -0.3 is 56.3 Å². The van der Waals surface area contributed by atoms with Crippen molar-refractivity contribution in [3.8, 4) is 0 Å². The Balaban J connectivity index is 1.03. The van der Waals surface area contributed by atoms with E-state index in [2.05, 4.69) is 102 Å². The fourth-order valence-electron chi connectivity index (χ4n) is 14.8. The van der Waals surface area contributed by atoms with Crippen LogP contribution < -0.4 is 0 Å². The van der Waals surface area contributed by atoms with Gasteiger partial charge in [-0.05, 0) is 129 Å². The molecule has 8 saturated heterocycles. The molecule has 6 bridgehead atoms. The highest BCUT2D eigenvalue weighted by molar-refractivity contribution is 6.75. The average Bonchev–Trinajstić information content (AvgIpc) is 4.12. The van der Waals surface area contributed by atoms with E-state index in [-0.39, 0.29) is 91.2 Å². The maximum atomic E-state index is 11.5. The molecule has 8 aliphatic heterocycles. The average molecular weight is 1100 g/mol. The van der Waals surface area contributed by atoms with Crippen LogP contribution in [0.25, 0.3) is 0 Å². The molecule has 8 aliphatic rings. The van der Waals surface area contributed by atoms with Crippen LogP contribution in [0, 0.1) is 11.8 Å². The van der Waals surface area contributed by atoms with Crippen molar-refractivity contribution in [3.05, 3.63) is 49.6 Å². The van der Waals surface area contributed by atoms with Crippen molar-refractivity contribution in [1.29, 1.82) is 0 Å². The highest BCUT2D eigenvalue weighted by Gasteiger charge is 2.69. The lowest BCUT2D eigenvalue weighted by molar-refractivity contribution is -0.271. The molecule has 8 fully saturated rings. The van der Waals surface area contributed by atoms with Crippen LogP contribution in [0.4, 0.5) is 0 Å². The van der Waals surface area contributed by atoms with Gasteiger partial charge in [0, 0.05) is 32.3 Å². The second-order valence-electron chi connectivity index (χ2n) is 24.1. The van der Waals surface area contributed by atoms with Crippen LogP contribution in [-0.2, 0) is 51.2 Å². The van der Waals surface area contributed by atoms with Crippen molar-refractivity contribution < 1.29 is 56.3 Å². The number of ether oxygens (including phenoxy) is 8. The minimum atomic E-state index is -2.23. The summed E-state index contributed by atoms with van der Waals surface area (Å²) in [6, 6.07) is 9.15. The minimum absolute atomic E-state index is 0.0216. The van der Waals surface area contributed by atoms with Crippen molar-refractivity contribution in [2.24, 2.45) is 11.8 Å². The Morgan fingerprint density at radius 2 is 1.29 bits per heavy atom. The van der Waals surface area contributed by atoms with Gasteiger partial charge in [0.05, 0.1) is 54.9 Å². The fourth-order valence-corrected chi connectivity index (χ4v) is 23.6. The summed E-state index contributed by atoms with van der Waals surface area (Å²) < 4.78 is 78.5. The summed E-state index contributed by atoms with van der Waals surface area (Å²) in [5.41, 5.74) is 2.25. The van der Waals surface area contributed by atoms with E-state index in [0.29, 0.717) is 44.9 Å². The lowest BCUT2D eigenvalue weighted by atomic mass is 9.81. The van der Waals surface area contributed by atoms with E-state index >= 15 is 0 Å². The molecule has 8 heterocycles. The normalized spacial score (nSPS) is 37.4. The molecule has 0 radical (unpaired) electrons. The van der Waals surface area contributed by atoms with Crippen LogP contribution >= 0.6 is 0 Å². The van der Waals surface area contributed by atoms with E-state index in [1.54, 1.807) is 13.2 Å². The molecule has 18 atom stereocenters. The topological polar surface area (TPSA) is 122 Å². The van der Waals surface area contributed by atoms with Crippen molar-refractivity contribution in [2.75, 3.05) is 7.11 Å². The molecular formula is C60H106O12Si3. The van der Waals surface area contributed by atoms with Crippen molar-refractivity contribution in [3.63, 3.8) is 0 Å². The van der Waals surface area contributed by atoms with Gasteiger partial charge in [0.2, 0.25) is 0 Å². The first-order chi connectivity index (χ1) is 35.9. The summed E-state index contributed by atoms with van der Waals surface area (Å²) >= 11 is 0. The molecule has 1 N–H and O–H groups in total. The predicted molar refractivity (Wildman–Crippen MR) is 306 cm³/mol. The van der Waals surface area contributed by atoms with Gasteiger partial charge in [-0.1, -0.05) is 101 Å². The number of hydrogen-bond donors (Lipinski definition) is 1. The third-order valence-electron chi connectivity index (χ3n) is 20.3. The summed E-state index contributed by atoms with van der Waals surface area (Å²) in [4.78, 5) is 0. The smallest absolute Gasteiger partial charge is 0.195 e. The van der Waals surface area contributed by atoms with Gasteiger partial charge >= 0.3 is 0 Å². The zero-order chi connectivity index (χ0) is 54.5. The van der Waals surface area contributed by atoms with E-state index < -0.39 is 48.7 Å². The zero-order valence-electron chi connectivity index (χ0n) is 49.1. The largest absolute Gasteiger partial charge is 0.409 e. The second kappa shape index (κ2) is 26.4. The van der Waals surface area contributed by atoms with Gasteiger partial charge in [-0.25, -0.2) is 0 Å². The van der Waals surface area contributed by atoms with Crippen LogP contribution in [0.2, 0.25) is 54.4 Å². The first-order valence-corrected chi connectivity index (χ1v) is 38.0. The quantitative estimate of drug-likeness (QED) is 0.0392. The molecule has 0 saturated carbocycles. The maximum Gasteiger partial charge on any atom is 0.195 e. The van der Waals surface area contributed by atoms with Crippen LogP contribution in [0.5, 0.6) is 0 Å². The Morgan fingerprint density at radius 1 is 0.693 bits per heavy atom. The van der Waals surface area contributed by atoms with Crippen molar-refractivity contribution >= 4 is 25.0 Å². The summed E-state index contributed by atoms with van der Waals surface area (Å²) in [6.07, 6.45) is 9.17. The molecule has 430 valence electrons. The number of aliphatic hydroxyl groups excluding tert-OH is 1. The molecule has 12 nitrogen and oxygen atoms in total. The first-order valence-electron chi connectivity index (χ1n) is 30.4. The SMILES string of the molecule is C=CCC(O)C[C@@H]1[C@@H](OC)[C@H](C(CC)(O[Si](CC)(CC)CC)O[Si](CC)(CC)CC)O[C@H]1C[C@H]1O[C@@H](CC[C@@H]2O[C@@H](CC[C@@]34C[C@H]5O[C@H]6[C@@H](O3)[C@@H](O[Si](CC)(CC)CC)[C@H](CC=C)O[C@H]6[C@H]5O4)CC2=C)C[C@@H](C)C1=C. The van der Waals surface area contributed by atoms with Gasteiger partial charge in [-0.15, -0.1) is 13.2 Å². The summed E-state index contributed by atoms with van der Waals surface area (Å²) in [5.74, 6) is -1.61. The van der Waals surface area contributed by atoms with E-state index in [1.807, 2.05) is 6.08 Å². The minimum Gasteiger partial charge on any atom is -0.409 e. The molecule has 8 rings (SSSR count). The van der Waals surface area contributed by atoms with Gasteiger partial charge in [-0.2, -0.15) is 0 Å². The summed E-state index contributed by atoms with van der Waals surface area (Å²) in [5, 5.41) is 11.5. The van der Waals surface area contributed by atoms with Crippen LogP contribution in [-0.4, -0.2) is 140 Å². The Kier molecular flexibility index (Phi) is 21.7. The molecule has 75 heavy (non-hydrogen) atoms. The molecule has 0 aromatic carbocycles. The third kappa shape index (κ3) is 12.8. The number of hydrogen-bond acceptors (Lipinski definition) is 12. The monoisotopic (exact) mass is 1100 g/mol. The zero-order valence-corrected chi connectivity index (χ0v) is 52.1. The Labute approximate surface area is 458 Å². The molecule has 0 aliphatic carbocycles. The van der Waals surface area contributed by atoms with E-state index in [9.17, 15) is 5.11 Å². The van der Waals surface area contributed by atoms with Crippen LogP contribution in [0.3, 0.4) is 0 Å². The van der Waals surface area contributed by atoms with Gasteiger partial charge in [-0.3, -0.25) is 0 Å². The molecular weight excluding hydrogens is 997 g/mol. The van der Waals surface area contributed by atoms with E-state index in [4.69, 9.17) is 51.2 Å². The second-order valence-corrected chi connectivity index (χ2v) is 38.2. The van der Waals surface area contributed by atoms with Crippen molar-refractivity contribution in [2.45, 2.75) is 311 Å². The Hall–Kier alpha value is -0.869. The van der Waals surface area contributed by atoms with Gasteiger partial charge in [0.25, 0.3) is 0 Å². The molecule has 0 amide bonds. The lowest BCUT2D eigenvalue weighted by Crippen LogP contribution is -2.62. The molecule has 0 aromatic rings. The van der Waals surface area contributed by atoms with Crippen LogP contribution in [0.15, 0.2) is 49.6 Å². The fraction of sp³-hybridized carbons (Fsp3) is 0.867. The highest BCUT2D eigenvalue weighted by atomic mass is 28.4. The Morgan fingerprint density at radius 3 is 1.87 bits per heavy atom. The Bertz CT molecular complexity index is 1830. The lowest BCUT2D eigenvalue weighted by Gasteiger charge is -2.50. The summed E-state index contributed by atoms with van der Waals surface area (Å²) in [6.45, 7) is 42.3. The third-order valence-corrected chi connectivity index (χ3v) is 34.3. The number of rotatable bonds is 32. The van der Waals surface area contributed by atoms with Crippen LogP contribution in [0.1, 0.15) is 153 Å². The molecule has 0 spiro atoms. The van der Waals surface area contributed by atoms with Gasteiger partial charge in [0.1, 0.15) is 36.6 Å². The van der Waals surface area contributed by atoms with Crippen molar-refractivity contribution in [1.82, 2.24) is 0 Å². The number of methoxy groups -OCH3 is 1. The first kappa shape index (κ1) is 61.7. The molecule has 1 unspecified atom stereocenters. The standard InChI is InChI=1S/C60H106O12Si3/c1-17-29-43(61)37-46-50(67-58(52(46)62-16)60(19-3,71-74(23-7,24-8)25-9)72-75(26-10,27-11)28-12)38-49-42(15)40(13)35-44(64-49)31-32-47-41(14)36-45(63-47)33-34-59-39-51-53(68-59)55-56(66-51)57(69-59)54(48(65-55)30-18-2)70-73(20-4,21-5)22-6/h17-18,40,43-58,61H,1-2,14-15,19-39H2,3-13,16H3/t40-,43?,44+,45+,46+,47+,48+,49-,50+,51-,52-,53+,54+,55+,56-,57+,58-,59+/m1/s1. The maximum absolute atomic E-state index is 11.5. The van der Waals surface area contributed by atoms with E-state index in [1.165, 1.54) is 0 Å². The number of aliphatic hydroxyl groups is 1. The molecule has 15 heteroatoms. The predicted octanol–water partition coefficient (Wildman–Crippen LogP) is 13.3. The summed E-state index contributed by atoms with van der Waals surface area (Å²) in [7, 11) is -4.69.